The van der Waals surface area contributed by atoms with Gasteiger partial charge in [0.1, 0.15) is 29.4 Å². The van der Waals surface area contributed by atoms with Crippen molar-refractivity contribution in [3.63, 3.8) is 0 Å². The molecule has 23 heavy (non-hydrogen) atoms. The summed E-state index contributed by atoms with van der Waals surface area (Å²) in [6, 6.07) is 5.63. The van der Waals surface area contributed by atoms with Crippen molar-refractivity contribution < 1.29 is 23.8 Å². The third-order valence-corrected chi connectivity index (χ3v) is 4.19. The summed E-state index contributed by atoms with van der Waals surface area (Å²) < 4.78 is 23.7. The number of rotatable bonds is 5. The van der Waals surface area contributed by atoms with Crippen LogP contribution >= 0.6 is 0 Å². The summed E-state index contributed by atoms with van der Waals surface area (Å²) >= 11 is 0. The molecule has 128 valence electrons. The quantitative estimate of drug-likeness (QED) is 0.899. The lowest BCUT2D eigenvalue weighted by molar-refractivity contribution is -0.159. The third-order valence-electron chi connectivity index (χ3n) is 4.19. The van der Waals surface area contributed by atoms with Crippen molar-refractivity contribution in [2.24, 2.45) is 0 Å². The van der Waals surface area contributed by atoms with Crippen LogP contribution in [0.2, 0.25) is 0 Å². The van der Waals surface area contributed by atoms with Crippen molar-refractivity contribution >= 4 is 5.91 Å². The van der Waals surface area contributed by atoms with Gasteiger partial charge in [-0.2, -0.15) is 0 Å². The predicted molar refractivity (Wildman–Crippen MR) is 83.7 cm³/mol. The molecule has 1 aliphatic heterocycles. The molecule has 1 atom stereocenters. The smallest absolute Gasteiger partial charge is 0.254 e. The highest BCUT2D eigenvalue weighted by atomic mass is 19.1. The second kappa shape index (κ2) is 6.84. The maximum atomic E-state index is 12.9. The van der Waals surface area contributed by atoms with E-state index in [2.05, 4.69) is 0 Å². The molecule has 0 saturated carbocycles. The first kappa shape index (κ1) is 17.7. The van der Waals surface area contributed by atoms with Gasteiger partial charge in [-0.1, -0.05) is 0 Å². The number of piperidine rings is 1. The van der Waals surface area contributed by atoms with E-state index in [4.69, 9.17) is 9.47 Å². The van der Waals surface area contributed by atoms with Crippen LogP contribution in [0, 0.1) is 5.82 Å². The molecule has 1 unspecified atom stereocenters. The second-order valence-electron chi connectivity index (χ2n) is 6.51. The Kier molecular flexibility index (Phi) is 5.26. The van der Waals surface area contributed by atoms with Crippen molar-refractivity contribution in [1.29, 1.82) is 0 Å². The Hall–Kier alpha value is -1.66. The Balaban J connectivity index is 1.98. The van der Waals surface area contributed by atoms with E-state index >= 15 is 0 Å². The minimum atomic E-state index is -1.12. The summed E-state index contributed by atoms with van der Waals surface area (Å²) in [6.45, 7) is 4.25. The average Bonchev–Trinajstić information content (AvgIpc) is 2.53. The lowest BCUT2D eigenvalue weighted by Crippen LogP contribution is -2.57. The van der Waals surface area contributed by atoms with E-state index in [0.717, 1.165) is 0 Å². The summed E-state index contributed by atoms with van der Waals surface area (Å²) in [5.74, 6) is -0.00676. The number of likely N-dealkylation sites (tertiary alicyclic amines) is 1. The highest BCUT2D eigenvalue weighted by Crippen LogP contribution is 2.25. The van der Waals surface area contributed by atoms with E-state index in [0.29, 0.717) is 25.1 Å². The lowest BCUT2D eigenvalue weighted by atomic mass is 9.92. The van der Waals surface area contributed by atoms with E-state index in [1.165, 1.54) is 31.4 Å². The number of amides is 1. The second-order valence-corrected chi connectivity index (χ2v) is 6.51. The van der Waals surface area contributed by atoms with Crippen LogP contribution in [0.5, 0.6) is 5.75 Å². The van der Waals surface area contributed by atoms with Crippen molar-refractivity contribution in [1.82, 2.24) is 4.90 Å². The van der Waals surface area contributed by atoms with Crippen LogP contribution in [-0.2, 0) is 9.53 Å². The van der Waals surface area contributed by atoms with Crippen LogP contribution in [0.1, 0.15) is 26.7 Å². The Bertz CT molecular complexity index is 546. The number of carbonyl (C=O) groups excluding carboxylic acids is 1. The van der Waals surface area contributed by atoms with Crippen LogP contribution in [0.15, 0.2) is 24.3 Å². The molecule has 1 fully saturated rings. The molecule has 0 radical (unpaired) electrons. The molecular formula is C17H24FNO4. The molecule has 1 aromatic rings. The normalized spacial score (nSPS) is 22.0. The first-order valence-corrected chi connectivity index (χ1v) is 7.71. The van der Waals surface area contributed by atoms with Gasteiger partial charge in [-0.3, -0.25) is 4.79 Å². The zero-order chi connectivity index (χ0) is 17.1. The molecule has 5 nitrogen and oxygen atoms in total. The Morgan fingerprint density at radius 1 is 1.39 bits per heavy atom. The number of hydrogen-bond acceptors (Lipinski definition) is 4. The topological polar surface area (TPSA) is 59.0 Å². The number of methoxy groups -OCH3 is 1. The maximum Gasteiger partial charge on any atom is 0.254 e. The number of aliphatic hydroxyl groups is 1. The summed E-state index contributed by atoms with van der Waals surface area (Å²) in [5, 5.41) is 10.7. The van der Waals surface area contributed by atoms with Crippen LogP contribution in [0.3, 0.4) is 0 Å². The molecule has 6 heteroatoms. The number of β-amino-alcohol motifs (C(OH)–C–C–N with tert-alkyl or cyclic N) is 1. The molecular weight excluding hydrogens is 301 g/mol. The van der Waals surface area contributed by atoms with Gasteiger partial charge in [-0.25, -0.2) is 4.39 Å². The van der Waals surface area contributed by atoms with Gasteiger partial charge in [0.25, 0.3) is 5.91 Å². The molecule has 0 aromatic heterocycles. The van der Waals surface area contributed by atoms with Crippen molar-refractivity contribution in [3.05, 3.63) is 30.1 Å². The Labute approximate surface area is 136 Å². The van der Waals surface area contributed by atoms with Crippen LogP contribution in [0.25, 0.3) is 0 Å². The molecule has 1 heterocycles. The van der Waals surface area contributed by atoms with E-state index in [-0.39, 0.29) is 24.9 Å². The summed E-state index contributed by atoms with van der Waals surface area (Å²) in [4.78, 5) is 14.1. The molecule has 0 spiro atoms. The fourth-order valence-electron chi connectivity index (χ4n) is 2.62. The standard InChI is InChI=1S/C17H24FNO4/c1-16(2,22-3)15(20)19-10-4-9-17(21,11-19)12-23-14-7-5-13(18)6-8-14/h5-8,21H,4,9-12H2,1-3H3. The molecule has 1 aromatic carbocycles. The SMILES string of the molecule is COC(C)(C)C(=O)N1CCCC(O)(COc2ccc(F)cc2)C1. The summed E-state index contributed by atoms with van der Waals surface area (Å²) in [5.41, 5.74) is -2.04. The Morgan fingerprint density at radius 3 is 2.65 bits per heavy atom. The molecule has 1 N–H and O–H groups in total. The number of ether oxygens (including phenoxy) is 2. The molecule has 1 amide bonds. The number of halogens is 1. The van der Waals surface area contributed by atoms with E-state index in [1.54, 1.807) is 18.7 Å². The number of nitrogens with zero attached hydrogens (tertiary/aromatic N) is 1. The largest absolute Gasteiger partial charge is 0.491 e. The predicted octanol–water partition coefficient (Wildman–Crippen LogP) is 1.98. The highest BCUT2D eigenvalue weighted by Gasteiger charge is 2.40. The minimum absolute atomic E-state index is 0.0514. The Morgan fingerprint density at radius 2 is 2.04 bits per heavy atom. The minimum Gasteiger partial charge on any atom is -0.491 e. The van der Waals surface area contributed by atoms with E-state index in [9.17, 15) is 14.3 Å². The molecule has 0 aliphatic carbocycles. The van der Waals surface area contributed by atoms with Crippen LogP contribution in [-0.4, -0.2) is 53.9 Å². The first-order valence-electron chi connectivity index (χ1n) is 7.71. The fourth-order valence-corrected chi connectivity index (χ4v) is 2.62. The molecule has 1 aliphatic rings. The van der Waals surface area contributed by atoms with Crippen molar-refractivity contribution in [2.75, 3.05) is 26.8 Å². The molecule has 0 bridgehead atoms. The molecule has 1 saturated heterocycles. The van der Waals surface area contributed by atoms with Crippen molar-refractivity contribution in [2.45, 2.75) is 37.9 Å². The monoisotopic (exact) mass is 325 g/mol. The van der Waals surface area contributed by atoms with Crippen LogP contribution in [0.4, 0.5) is 4.39 Å². The maximum absolute atomic E-state index is 12.9. The van der Waals surface area contributed by atoms with Crippen LogP contribution < -0.4 is 4.74 Å². The van der Waals surface area contributed by atoms with Gasteiger partial charge in [0.05, 0.1) is 6.54 Å². The fraction of sp³-hybridized carbons (Fsp3) is 0.588. The zero-order valence-corrected chi connectivity index (χ0v) is 13.8. The summed E-state index contributed by atoms with van der Waals surface area (Å²) in [7, 11) is 1.49. The number of hydrogen-bond donors (Lipinski definition) is 1. The van der Waals surface area contributed by atoms with Crippen molar-refractivity contribution in [3.8, 4) is 5.75 Å². The van der Waals surface area contributed by atoms with Gasteiger partial charge in [0.15, 0.2) is 0 Å². The van der Waals surface area contributed by atoms with Gasteiger partial charge < -0.3 is 19.5 Å². The average molecular weight is 325 g/mol. The number of benzene rings is 1. The third kappa shape index (κ3) is 4.42. The van der Waals surface area contributed by atoms with Gasteiger partial charge in [0.2, 0.25) is 0 Å². The van der Waals surface area contributed by atoms with Gasteiger partial charge in [-0.15, -0.1) is 0 Å². The summed E-state index contributed by atoms with van der Waals surface area (Å²) in [6.07, 6.45) is 1.24. The van der Waals surface area contributed by atoms with E-state index in [1.807, 2.05) is 0 Å². The molecule has 2 rings (SSSR count). The lowest BCUT2D eigenvalue weighted by Gasteiger charge is -2.41. The van der Waals surface area contributed by atoms with Gasteiger partial charge in [-0.05, 0) is 51.0 Å². The van der Waals surface area contributed by atoms with E-state index < -0.39 is 11.2 Å². The zero-order valence-electron chi connectivity index (χ0n) is 13.8. The van der Waals surface area contributed by atoms with Gasteiger partial charge in [0, 0.05) is 13.7 Å². The van der Waals surface area contributed by atoms with Gasteiger partial charge >= 0.3 is 0 Å². The first-order chi connectivity index (χ1) is 10.8. The highest BCUT2D eigenvalue weighted by molar-refractivity contribution is 5.84. The number of carbonyl (C=O) groups is 1.